The van der Waals surface area contributed by atoms with Gasteiger partial charge in [0.2, 0.25) is 0 Å². The molecule has 0 saturated heterocycles. The van der Waals surface area contributed by atoms with Crippen LogP contribution in [0.3, 0.4) is 0 Å². The first-order valence-corrected chi connectivity index (χ1v) is 8.26. The number of nitrogens with one attached hydrogen (secondary N) is 1. The molecule has 124 valence electrons. The minimum atomic E-state index is -0.886. The number of esters is 1. The molecular formula is C19H18BrNO3. The zero-order valence-corrected chi connectivity index (χ0v) is 15.0. The molecule has 0 saturated carbocycles. The van der Waals surface area contributed by atoms with Crippen molar-refractivity contribution in [3.8, 4) is 0 Å². The van der Waals surface area contributed by atoms with Crippen LogP contribution in [-0.4, -0.2) is 18.0 Å². The zero-order valence-electron chi connectivity index (χ0n) is 13.5. The highest BCUT2D eigenvalue weighted by molar-refractivity contribution is 9.10. The van der Waals surface area contributed by atoms with Crippen LogP contribution in [-0.2, 0) is 14.3 Å². The summed E-state index contributed by atoms with van der Waals surface area (Å²) in [5, 5.41) is 2.71. The maximum absolute atomic E-state index is 12.0. The van der Waals surface area contributed by atoms with Crippen LogP contribution in [0.25, 0.3) is 6.08 Å². The summed E-state index contributed by atoms with van der Waals surface area (Å²) >= 11 is 3.40. The Morgan fingerprint density at radius 1 is 1.12 bits per heavy atom. The molecule has 2 aromatic rings. The summed E-state index contributed by atoms with van der Waals surface area (Å²) in [6, 6.07) is 14.9. The number of amides is 1. The number of carbonyl (C=O) groups excluding carboxylic acids is 2. The number of hydrogen-bond donors (Lipinski definition) is 1. The van der Waals surface area contributed by atoms with E-state index in [1.807, 2.05) is 43.3 Å². The smallest absolute Gasteiger partial charge is 0.331 e. The number of carbonyl (C=O) groups is 2. The molecule has 1 amide bonds. The molecule has 0 aliphatic heterocycles. The van der Waals surface area contributed by atoms with Gasteiger partial charge in [-0.3, -0.25) is 4.79 Å². The fourth-order valence-corrected chi connectivity index (χ4v) is 2.33. The minimum absolute atomic E-state index is 0.374. The van der Waals surface area contributed by atoms with Gasteiger partial charge >= 0.3 is 5.97 Å². The van der Waals surface area contributed by atoms with Crippen LogP contribution < -0.4 is 5.32 Å². The molecule has 0 unspecified atom stereocenters. The molecule has 0 aliphatic rings. The van der Waals surface area contributed by atoms with Crippen molar-refractivity contribution in [3.05, 3.63) is 70.2 Å². The van der Waals surface area contributed by atoms with Crippen LogP contribution in [0, 0.1) is 6.92 Å². The summed E-state index contributed by atoms with van der Waals surface area (Å²) in [5.74, 6) is -0.946. The van der Waals surface area contributed by atoms with Gasteiger partial charge in [-0.05, 0) is 43.7 Å². The van der Waals surface area contributed by atoms with Gasteiger partial charge in [-0.15, -0.1) is 0 Å². The van der Waals surface area contributed by atoms with E-state index in [1.165, 1.54) is 13.0 Å². The highest BCUT2D eigenvalue weighted by Crippen LogP contribution is 2.17. The maximum atomic E-state index is 12.0. The van der Waals surface area contributed by atoms with Crippen LogP contribution in [0.15, 0.2) is 59.1 Å². The third-order valence-corrected chi connectivity index (χ3v) is 4.01. The first kappa shape index (κ1) is 17.9. The lowest BCUT2D eigenvalue weighted by molar-refractivity contribution is -0.148. The molecule has 0 spiro atoms. The van der Waals surface area contributed by atoms with Gasteiger partial charge in [-0.2, -0.15) is 0 Å². The predicted octanol–water partition coefficient (Wildman–Crippen LogP) is 4.34. The quantitative estimate of drug-likeness (QED) is 0.613. The molecule has 0 heterocycles. The summed E-state index contributed by atoms with van der Waals surface area (Å²) in [5.41, 5.74) is 2.62. The molecule has 2 rings (SSSR count). The van der Waals surface area contributed by atoms with Gasteiger partial charge in [0, 0.05) is 16.2 Å². The molecule has 0 radical (unpaired) electrons. The standard InChI is InChI=1S/C19H18BrNO3/c1-13-7-10-16(11-8-13)21-19(23)14(2)24-18(22)12-9-15-5-3-4-6-17(15)20/h3-12,14H,1-2H3,(H,21,23)/b12-9+/t14-/m0/s1. The average molecular weight is 388 g/mol. The number of hydrogen-bond acceptors (Lipinski definition) is 3. The lowest BCUT2D eigenvalue weighted by Crippen LogP contribution is -2.29. The van der Waals surface area contributed by atoms with Crippen LogP contribution >= 0.6 is 15.9 Å². The van der Waals surface area contributed by atoms with Crippen LogP contribution in [0.4, 0.5) is 5.69 Å². The summed E-state index contributed by atoms with van der Waals surface area (Å²) < 4.78 is 5.99. The van der Waals surface area contributed by atoms with Crippen LogP contribution in [0.5, 0.6) is 0 Å². The third kappa shape index (κ3) is 5.35. The largest absolute Gasteiger partial charge is 0.449 e. The van der Waals surface area contributed by atoms with Gasteiger partial charge in [-0.25, -0.2) is 4.79 Å². The molecule has 4 nitrogen and oxygen atoms in total. The Morgan fingerprint density at radius 2 is 1.79 bits per heavy atom. The van der Waals surface area contributed by atoms with Gasteiger partial charge in [-0.1, -0.05) is 51.8 Å². The van der Waals surface area contributed by atoms with Gasteiger partial charge in [0.1, 0.15) is 0 Å². The molecule has 1 N–H and O–H groups in total. The monoisotopic (exact) mass is 387 g/mol. The van der Waals surface area contributed by atoms with Gasteiger partial charge < -0.3 is 10.1 Å². The lowest BCUT2D eigenvalue weighted by atomic mass is 10.2. The lowest BCUT2D eigenvalue weighted by Gasteiger charge is -2.12. The van der Waals surface area contributed by atoms with E-state index in [4.69, 9.17) is 4.74 Å². The molecule has 24 heavy (non-hydrogen) atoms. The van der Waals surface area contributed by atoms with E-state index in [9.17, 15) is 9.59 Å². The number of aryl methyl sites for hydroxylation is 1. The van der Waals surface area contributed by atoms with Crippen molar-refractivity contribution in [3.63, 3.8) is 0 Å². The molecule has 0 aliphatic carbocycles. The predicted molar refractivity (Wildman–Crippen MR) is 98.5 cm³/mol. The molecule has 0 fully saturated rings. The third-order valence-electron chi connectivity index (χ3n) is 3.29. The van der Waals surface area contributed by atoms with Crippen molar-refractivity contribution in [2.45, 2.75) is 20.0 Å². The highest BCUT2D eigenvalue weighted by atomic mass is 79.9. The average Bonchev–Trinajstić information content (AvgIpc) is 2.56. The number of halogens is 1. The van der Waals surface area contributed by atoms with Gasteiger partial charge in [0.05, 0.1) is 0 Å². The number of rotatable bonds is 5. The van der Waals surface area contributed by atoms with E-state index in [2.05, 4.69) is 21.2 Å². The zero-order chi connectivity index (χ0) is 17.5. The van der Waals surface area contributed by atoms with Gasteiger partial charge in [0.25, 0.3) is 5.91 Å². The van der Waals surface area contributed by atoms with E-state index in [1.54, 1.807) is 18.2 Å². The normalized spacial score (nSPS) is 12.0. The molecule has 1 atom stereocenters. The van der Waals surface area contributed by atoms with Crippen molar-refractivity contribution in [2.24, 2.45) is 0 Å². The molecule has 0 aromatic heterocycles. The SMILES string of the molecule is Cc1ccc(NC(=O)[C@H](C)OC(=O)/C=C/c2ccccc2Br)cc1. The van der Waals surface area contributed by atoms with Gasteiger partial charge in [0.15, 0.2) is 6.10 Å². The molecule has 0 bridgehead atoms. The molecule has 5 heteroatoms. The fourth-order valence-electron chi connectivity index (χ4n) is 1.92. The number of anilines is 1. The number of benzene rings is 2. The summed E-state index contributed by atoms with van der Waals surface area (Å²) in [6.45, 7) is 3.50. The Labute approximate surface area is 149 Å². The van der Waals surface area contributed by atoms with Crippen molar-refractivity contribution in [2.75, 3.05) is 5.32 Å². The Balaban J connectivity index is 1.90. The Hall–Kier alpha value is -2.40. The summed E-state index contributed by atoms with van der Waals surface area (Å²) in [4.78, 5) is 23.9. The Kier molecular flexibility index (Phi) is 6.32. The van der Waals surface area contributed by atoms with Crippen LogP contribution in [0.2, 0.25) is 0 Å². The van der Waals surface area contributed by atoms with E-state index in [0.717, 1.165) is 15.6 Å². The van der Waals surface area contributed by atoms with Crippen molar-refractivity contribution in [1.82, 2.24) is 0 Å². The van der Waals surface area contributed by atoms with Crippen LogP contribution in [0.1, 0.15) is 18.1 Å². The molecule has 2 aromatic carbocycles. The highest BCUT2D eigenvalue weighted by Gasteiger charge is 2.16. The van der Waals surface area contributed by atoms with E-state index in [0.29, 0.717) is 5.69 Å². The van der Waals surface area contributed by atoms with E-state index in [-0.39, 0.29) is 5.91 Å². The first-order valence-electron chi connectivity index (χ1n) is 7.46. The first-order chi connectivity index (χ1) is 11.5. The second kappa shape index (κ2) is 8.45. The second-order valence-electron chi connectivity index (χ2n) is 5.29. The van der Waals surface area contributed by atoms with E-state index < -0.39 is 12.1 Å². The van der Waals surface area contributed by atoms with Crippen molar-refractivity contribution in [1.29, 1.82) is 0 Å². The summed E-state index contributed by atoms with van der Waals surface area (Å²) in [7, 11) is 0. The Bertz CT molecular complexity index is 753. The molecular weight excluding hydrogens is 370 g/mol. The van der Waals surface area contributed by atoms with Crippen molar-refractivity contribution >= 4 is 39.6 Å². The maximum Gasteiger partial charge on any atom is 0.331 e. The van der Waals surface area contributed by atoms with E-state index >= 15 is 0 Å². The topological polar surface area (TPSA) is 55.4 Å². The minimum Gasteiger partial charge on any atom is -0.449 e. The second-order valence-corrected chi connectivity index (χ2v) is 6.14. The number of ether oxygens (including phenoxy) is 1. The van der Waals surface area contributed by atoms with Crippen molar-refractivity contribution < 1.29 is 14.3 Å². The summed E-state index contributed by atoms with van der Waals surface area (Å²) in [6.07, 6.45) is 2.05. The Morgan fingerprint density at radius 3 is 2.46 bits per heavy atom. The fraction of sp³-hybridized carbons (Fsp3) is 0.158.